The minimum absolute atomic E-state index is 0.170. The van der Waals surface area contributed by atoms with Crippen molar-refractivity contribution in [1.29, 1.82) is 0 Å². The Morgan fingerprint density at radius 1 is 0.714 bits per heavy atom. The summed E-state index contributed by atoms with van der Waals surface area (Å²) in [4.78, 5) is 11.8. The molecule has 3 aliphatic rings. The zero-order chi connectivity index (χ0) is 33.0. The van der Waals surface area contributed by atoms with E-state index in [9.17, 15) is 0 Å². The number of nitrogens with zero attached hydrogens (tertiary/aromatic N) is 3. The fourth-order valence-corrected chi connectivity index (χ4v) is 8.30. The van der Waals surface area contributed by atoms with Crippen LogP contribution in [-0.2, 0) is 11.8 Å². The van der Waals surface area contributed by atoms with Gasteiger partial charge in [0.1, 0.15) is 11.5 Å². The molecule has 0 saturated heterocycles. The summed E-state index contributed by atoms with van der Waals surface area (Å²) in [5, 5.41) is 0. The normalized spacial score (nSPS) is 16.5. The number of rotatable bonds is 5. The van der Waals surface area contributed by atoms with Gasteiger partial charge in [-0.3, -0.25) is 9.97 Å². The smallest absolute Gasteiger partial charge is 0.132 e. The molecular formula is C45H35N3O. The van der Waals surface area contributed by atoms with Gasteiger partial charge >= 0.3 is 0 Å². The number of ether oxygens (including phenoxy) is 1. The summed E-state index contributed by atoms with van der Waals surface area (Å²) in [6.07, 6.45) is 12.3. The van der Waals surface area contributed by atoms with Crippen LogP contribution in [0, 0.1) is 0 Å². The Labute approximate surface area is 287 Å². The van der Waals surface area contributed by atoms with Crippen LogP contribution in [-0.4, -0.2) is 9.97 Å². The van der Waals surface area contributed by atoms with E-state index in [1.807, 2.05) is 24.5 Å². The van der Waals surface area contributed by atoms with E-state index in [2.05, 4.69) is 139 Å². The van der Waals surface area contributed by atoms with Crippen LogP contribution in [0.1, 0.15) is 52.6 Å². The molecule has 1 aliphatic carbocycles. The van der Waals surface area contributed by atoms with Gasteiger partial charge in [0.15, 0.2) is 0 Å². The van der Waals surface area contributed by atoms with Crippen LogP contribution in [0.3, 0.4) is 0 Å². The van der Waals surface area contributed by atoms with Gasteiger partial charge in [-0.1, -0.05) is 111 Å². The van der Waals surface area contributed by atoms with Gasteiger partial charge in [0.2, 0.25) is 0 Å². The number of hydrogen-bond donors (Lipinski definition) is 0. The number of fused-ring (bicyclic) bond motifs is 11. The van der Waals surface area contributed by atoms with E-state index >= 15 is 0 Å². The lowest BCUT2D eigenvalue weighted by molar-refractivity contribution is 0.434. The van der Waals surface area contributed by atoms with Gasteiger partial charge in [-0.2, -0.15) is 0 Å². The van der Waals surface area contributed by atoms with Crippen LogP contribution in [0.25, 0.3) is 11.4 Å². The number of pyridine rings is 2. The van der Waals surface area contributed by atoms with E-state index in [0.717, 1.165) is 63.9 Å². The first-order valence-corrected chi connectivity index (χ1v) is 17.0. The summed E-state index contributed by atoms with van der Waals surface area (Å²) in [6, 6.07) is 42.9. The number of hydrogen-bond acceptors (Lipinski definition) is 4. The van der Waals surface area contributed by atoms with Crippen molar-refractivity contribution in [3.63, 3.8) is 0 Å². The highest BCUT2D eigenvalue weighted by molar-refractivity contribution is 5.88. The Morgan fingerprint density at radius 2 is 1.29 bits per heavy atom. The van der Waals surface area contributed by atoms with Gasteiger partial charge in [-0.15, -0.1) is 0 Å². The molecule has 0 N–H and O–H groups in total. The van der Waals surface area contributed by atoms with E-state index < -0.39 is 5.41 Å². The Balaban J connectivity index is 1.18. The van der Waals surface area contributed by atoms with Crippen LogP contribution in [0.4, 0.5) is 11.4 Å². The third-order valence-electron chi connectivity index (χ3n) is 10.3. The molecule has 4 heterocycles. The molecule has 1 atom stereocenters. The summed E-state index contributed by atoms with van der Waals surface area (Å²) < 4.78 is 6.54. The Kier molecular flexibility index (Phi) is 6.91. The molecule has 0 bridgehead atoms. The zero-order valence-electron chi connectivity index (χ0n) is 27.4. The molecule has 6 aromatic rings. The third kappa shape index (κ3) is 4.37. The maximum absolute atomic E-state index is 6.54. The minimum Gasteiger partial charge on any atom is -0.457 e. The van der Waals surface area contributed by atoms with Gasteiger partial charge < -0.3 is 9.64 Å². The molecule has 4 nitrogen and oxygen atoms in total. The molecule has 49 heavy (non-hydrogen) atoms. The highest BCUT2D eigenvalue weighted by atomic mass is 16.5. The minimum atomic E-state index is -0.563. The lowest BCUT2D eigenvalue weighted by Gasteiger charge is -2.48. The Hall–Kier alpha value is -6.00. The largest absolute Gasteiger partial charge is 0.457 e. The topological polar surface area (TPSA) is 38.2 Å². The molecule has 4 aromatic carbocycles. The van der Waals surface area contributed by atoms with E-state index in [0.29, 0.717) is 0 Å². The van der Waals surface area contributed by atoms with E-state index in [1.54, 1.807) is 0 Å². The third-order valence-corrected chi connectivity index (χ3v) is 10.3. The van der Waals surface area contributed by atoms with Crippen LogP contribution in [0.2, 0.25) is 0 Å². The van der Waals surface area contributed by atoms with E-state index in [-0.39, 0.29) is 5.92 Å². The summed E-state index contributed by atoms with van der Waals surface area (Å²) in [5.41, 5.74) is 12.9. The highest BCUT2D eigenvalue weighted by Crippen LogP contribution is 2.62. The van der Waals surface area contributed by atoms with Crippen molar-refractivity contribution in [2.45, 2.75) is 31.1 Å². The lowest BCUT2D eigenvalue weighted by atomic mass is 9.61. The molecule has 1 unspecified atom stereocenters. The van der Waals surface area contributed by atoms with E-state index in [1.165, 1.54) is 27.8 Å². The molecule has 236 valence electrons. The summed E-state index contributed by atoms with van der Waals surface area (Å²) in [6.45, 7) is 6.92. The highest BCUT2D eigenvalue weighted by Gasteiger charge is 2.50. The molecule has 2 aromatic heterocycles. The first-order chi connectivity index (χ1) is 24.2. The predicted molar refractivity (Wildman–Crippen MR) is 198 cm³/mol. The maximum Gasteiger partial charge on any atom is 0.132 e. The fraction of sp³-hybridized carbons (Fsp3) is 0.111. The molecule has 2 aliphatic heterocycles. The first kappa shape index (κ1) is 29.2. The SMILES string of the molecule is C=C(/C=C\C(=C/CC)C1Cc2cccnc2-c2ncccc21)N1c2ccccc2C2(c3ccccc3Oc3ccccc32)c2ccccc21. The second kappa shape index (κ2) is 11.6. The summed E-state index contributed by atoms with van der Waals surface area (Å²) in [5.74, 6) is 1.93. The van der Waals surface area contributed by atoms with Crippen molar-refractivity contribution in [2.24, 2.45) is 0 Å². The van der Waals surface area contributed by atoms with Crippen LogP contribution < -0.4 is 9.64 Å². The first-order valence-electron chi connectivity index (χ1n) is 17.0. The number of allylic oxidation sites excluding steroid dienone is 4. The van der Waals surface area contributed by atoms with Gasteiger partial charge in [0.25, 0.3) is 0 Å². The van der Waals surface area contributed by atoms with E-state index in [4.69, 9.17) is 21.3 Å². The molecule has 1 spiro atoms. The number of benzene rings is 4. The van der Waals surface area contributed by atoms with Gasteiger partial charge in [-0.25, -0.2) is 0 Å². The molecular weight excluding hydrogens is 599 g/mol. The van der Waals surface area contributed by atoms with Crippen molar-refractivity contribution in [3.8, 4) is 22.9 Å². The average molecular weight is 634 g/mol. The Morgan fingerprint density at radius 3 is 1.94 bits per heavy atom. The lowest BCUT2D eigenvalue weighted by Crippen LogP contribution is -2.40. The van der Waals surface area contributed by atoms with Crippen molar-refractivity contribution in [1.82, 2.24) is 9.97 Å². The molecule has 9 rings (SSSR count). The van der Waals surface area contributed by atoms with Crippen LogP contribution >= 0.6 is 0 Å². The zero-order valence-corrected chi connectivity index (χ0v) is 27.4. The van der Waals surface area contributed by atoms with Gasteiger partial charge in [-0.05, 0) is 83.1 Å². The Bertz CT molecular complexity index is 2240. The summed E-state index contributed by atoms with van der Waals surface area (Å²) in [7, 11) is 0. The molecule has 0 radical (unpaired) electrons. The van der Waals surface area contributed by atoms with Crippen molar-refractivity contribution in [3.05, 3.63) is 203 Å². The molecule has 0 amide bonds. The molecule has 0 saturated carbocycles. The second-order valence-electron chi connectivity index (χ2n) is 12.9. The number of aromatic nitrogens is 2. The van der Waals surface area contributed by atoms with Crippen molar-refractivity contribution in [2.75, 3.05) is 4.90 Å². The number of anilines is 2. The predicted octanol–water partition coefficient (Wildman–Crippen LogP) is 10.8. The van der Waals surface area contributed by atoms with Gasteiger partial charge in [0, 0.05) is 35.1 Å². The molecule has 4 heteroatoms. The molecule has 0 fully saturated rings. The monoisotopic (exact) mass is 633 g/mol. The average Bonchev–Trinajstić information content (AvgIpc) is 3.16. The van der Waals surface area contributed by atoms with Gasteiger partial charge in [0.05, 0.1) is 28.2 Å². The second-order valence-corrected chi connectivity index (χ2v) is 12.9. The number of para-hydroxylation sites is 4. The van der Waals surface area contributed by atoms with Crippen molar-refractivity contribution < 1.29 is 4.74 Å². The van der Waals surface area contributed by atoms with Crippen molar-refractivity contribution >= 4 is 11.4 Å². The standard InChI is InChI=1S/C45H35N3O/c1-3-14-31(34-29-32-15-12-27-46-43(32)44-33(34)16-13-28-47-44)26-25-30(2)48-39-21-8-4-17-35(39)45(36-18-5-9-22-40(36)48)37-19-6-10-23-41(37)49-42-24-11-7-20-38(42)45/h4-28,34H,2-3,29H2,1H3/b26-25-,31-14+. The summed E-state index contributed by atoms with van der Waals surface area (Å²) >= 11 is 0. The quantitative estimate of drug-likeness (QED) is 0.177. The van der Waals surface area contributed by atoms with Crippen LogP contribution in [0.15, 0.2) is 170 Å². The van der Waals surface area contributed by atoms with Crippen LogP contribution in [0.5, 0.6) is 11.5 Å². The fourth-order valence-electron chi connectivity index (χ4n) is 8.30. The maximum atomic E-state index is 6.54.